The first-order valence-electron chi connectivity index (χ1n) is 8.42. The molecule has 2 aromatic carbocycles. The van der Waals surface area contributed by atoms with E-state index in [1.807, 2.05) is 13.0 Å². The lowest BCUT2D eigenvalue weighted by Gasteiger charge is -2.07. The van der Waals surface area contributed by atoms with Crippen LogP contribution in [0.2, 0.25) is 5.02 Å². The molecule has 0 aliphatic carbocycles. The van der Waals surface area contributed by atoms with Crippen molar-refractivity contribution in [1.82, 2.24) is 4.72 Å². The number of carbonyl (C=O) groups excluding carboxylic acids is 1. The number of halogens is 1. The van der Waals surface area contributed by atoms with Crippen molar-refractivity contribution in [2.45, 2.75) is 25.2 Å². The number of furan rings is 1. The molecule has 0 fully saturated rings. The number of nitrogens with one attached hydrogen (secondary N) is 2. The molecule has 0 saturated heterocycles. The monoisotopic (exact) mass is 406 g/mol. The fraction of sp³-hybridized carbons (Fsp3) is 0.211. The summed E-state index contributed by atoms with van der Waals surface area (Å²) in [5.41, 5.74) is 1.61. The largest absolute Gasteiger partial charge is 0.449 e. The summed E-state index contributed by atoms with van der Waals surface area (Å²) in [6.07, 6.45) is 0.703. The maximum Gasteiger partial charge on any atom is 0.291 e. The third kappa shape index (κ3) is 4.00. The van der Waals surface area contributed by atoms with E-state index in [1.54, 1.807) is 19.1 Å². The summed E-state index contributed by atoms with van der Waals surface area (Å²) in [5, 5.41) is 3.92. The van der Waals surface area contributed by atoms with Crippen molar-refractivity contribution >= 4 is 44.2 Å². The van der Waals surface area contributed by atoms with E-state index in [9.17, 15) is 13.2 Å². The Kier molecular flexibility index (Phi) is 5.55. The van der Waals surface area contributed by atoms with Gasteiger partial charge in [-0.2, -0.15) is 0 Å². The van der Waals surface area contributed by atoms with Crippen LogP contribution >= 0.6 is 11.6 Å². The van der Waals surface area contributed by atoms with Crippen LogP contribution in [0.15, 0.2) is 51.8 Å². The van der Waals surface area contributed by atoms with Crippen LogP contribution in [0.1, 0.15) is 29.5 Å². The normalized spacial score (nSPS) is 11.7. The predicted molar refractivity (Wildman–Crippen MR) is 106 cm³/mol. The summed E-state index contributed by atoms with van der Waals surface area (Å²) in [7, 11) is -3.54. The summed E-state index contributed by atoms with van der Waals surface area (Å²) in [6, 6.07) is 11.3. The number of benzene rings is 2. The number of hydrogen-bond donors (Lipinski definition) is 2. The lowest BCUT2D eigenvalue weighted by molar-refractivity contribution is 0.0998. The van der Waals surface area contributed by atoms with Crippen LogP contribution in [-0.2, 0) is 10.0 Å². The van der Waals surface area contributed by atoms with Gasteiger partial charge in [-0.1, -0.05) is 30.7 Å². The van der Waals surface area contributed by atoms with Gasteiger partial charge in [0.1, 0.15) is 0 Å². The molecule has 1 heterocycles. The Morgan fingerprint density at radius 3 is 2.48 bits per heavy atom. The zero-order chi connectivity index (χ0) is 19.6. The Morgan fingerprint density at radius 1 is 1.15 bits per heavy atom. The van der Waals surface area contributed by atoms with E-state index in [-0.39, 0.29) is 10.7 Å². The molecule has 27 heavy (non-hydrogen) atoms. The van der Waals surface area contributed by atoms with Gasteiger partial charge in [-0.3, -0.25) is 4.79 Å². The SMILES string of the molecule is CCCNS(=O)(=O)c1ccc(NC(=O)c2oc3c(Cl)cccc3c2C)cc1. The van der Waals surface area contributed by atoms with Gasteiger partial charge in [-0.05, 0) is 43.7 Å². The second kappa shape index (κ2) is 7.72. The van der Waals surface area contributed by atoms with Gasteiger partial charge in [-0.25, -0.2) is 13.1 Å². The molecular formula is C19H19ClN2O4S. The summed E-state index contributed by atoms with van der Waals surface area (Å²) in [5.74, 6) is -0.265. The van der Waals surface area contributed by atoms with Crippen molar-refractivity contribution in [3.05, 3.63) is 58.8 Å². The Bertz CT molecular complexity index is 1090. The molecule has 6 nitrogen and oxygen atoms in total. The second-order valence-electron chi connectivity index (χ2n) is 6.05. The Balaban J connectivity index is 1.81. The first-order chi connectivity index (χ1) is 12.8. The first-order valence-corrected chi connectivity index (χ1v) is 10.3. The van der Waals surface area contributed by atoms with E-state index in [1.165, 1.54) is 24.3 Å². The van der Waals surface area contributed by atoms with Crippen molar-refractivity contribution in [3.63, 3.8) is 0 Å². The number of fused-ring (bicyclic) bond motifs is 1. The molecule has 1 aromatic heterocycles. The molecule has 0 radical (unpaired) electrons. The highest BCUT2D eigenvalue weighted by atomic mass is 35.5. The minimum Gasteiger partial charge on any atom is -0.449 e. The van der Waals surface area contributed by atoms with Gasteiger partial charge in [0.25, 0.3) is 5.91 Å². The van der Waals surface area contributed by atoms with Crippen LogP contribution < -0.4 is 10.0 Å². The predicted octanol–water partition coefficient (Wildman–Crippen LogP) is 4.34. The molecule has 0 spiro atoms. The highest BCUT2D eigenvalue weighted by Gasteiger charge is 2.19. The third-order valence-electron chi connectivity index (χ3n) is 4.09. The van der Waals surface area contributed by atoms with Crippen molar-refractivity contribution in [3.8, 4) is 0 Å². The molecule has 0 saturated carbocycles. The standard InChI is InChI=1S/C19H19ClN2O4S/c1-3-11-21-27(24,25)14-9-7-13(8-10-14)22-19(23)17-12(2)15-5-4-6-16(20)18(15)26-17/h4-10,21H,3,11H2,1-2H3,(H,22,23). The van der Waals surface area contributed by atoms with Gasteiger partial charge >= 0.3 is 0 Å². The number of para-hydroxylation sites is 1. The van der Waals surface area contributed by atoms with Crippen LogP contribution in [0, 0.1) is 6.92 Å². The van der Waals surface area contributed by atoms with Crippen LogP contribution in [0.4, 0.5) is 5.69 Å². The van der Waals surface area contributed by atoms with Crippen LogP contribution in [0.5, 0.6) is 0 Å². The average Bonchev–Trinajstić information content (AvgIpc) is 2.99. The molecule has 0 unspecified atom stereocenters. The summed E-state index contributed by atoms with van der Waals surface area (Å²) in [4.78, 5) is 12.7. The molecule has 0 aliphatic rings. The summed E-state index contributed by atoms with van der Waals surface area (Å²) < 4.78 is 32.3. The highest BCUT2D eigenvalue weighted by molar-refractivity contribution is 7.89. The fourth-order valence-electron chi connectivity index (χ4n) is 2.65. The van der Waals surface area contributed by atoms with Gasteiger partial charge in [-0.15, -0.1) is 0 Å². The zero-order valence-electron chi connectivity index (χ0n) is 14.9. The molecule has 0 bridgehead atoms. The lowest BCUT2D eigenvalue weighted by atomic mass is 10.1. The number of aryl methyl sites for hydroxylation is 1. The van der Waals surface area contributed by atoms with E-state index >= 15 is 0 Å². The number of sulfonamides is 1. The third-order valence-corrected chi connectivity index (χ3v) is 5.86. The highest BCUT2D eigenvalue weighted by Crippen LogP contribution is 2.31. The van der Waals surface area contributed by atoms with E-state index < -0.39 is 15.9 Å². The molecule has 2 N–H and O–H groups in total. The molecule has 142 valence electrons. The Morgan fingerprint density at radius 2 is 1.85 bits per heavy atom. The molecule has 1 amide bonds. The molecule has 0 aliphatic heterocycles. The first kappa shape index (κ1) is 19.4. The second-order valence-corrected chi connectivity index (χ2v) is 8.22. The quantitative estimate of drug-likeness (QED) is 0.637. The molecule has 3 aromatic rings. The van der Waals surface area contributed by atoms with Gasteiger partial charge < -0.3 is 9.73 Å². The molecule has 3 rings (SSSR count). The number of anilines is 1. The number of hydrogen-bond acceptors (Lipinski definition) is 4. The maximum atomic E-state index is 12.6. The van der Waals surface area contributed by atoms with Gasteiger partial charge in [0, 0.05) is 23.2 Å². The van der Waals surface area contributed by atoms with Crippen molar-refractivity contribution < 1.29 is 17.6 Å². The lowest BCUT2D eigenvalue weighted by Crippen LogP contribution is -2.24. The number of carbonyl (C=O) groups is 1. The van der Waals surface area contributed by atoms with E-state index in [2.05, 4.69) is 10.0 Å². The van der Waals surface area contributed by atoms with Gasteiger partial charge in [0.05, 0.1) is 9.92 Å². The fourth-order valence-corrected chi connectivity index (χ4v) is 4.00. The summed E-state index contributed by atoms with van der Waals surface area (Å²) >= 11 is 6.12. The van der Waals surface area contributed by atoms with E-state index in [4.69, 9.17) is 16.0 Å². The van der Waals surface area contributed by atoms with Crippen LogP contribution in [0.25, 0.3) is 11.0 Å². The molecular weight excluding hydrogens is 388 g/mol. The van der Waals surface area contributed by atoms with Crippen molar-refractivity contribution in [2.75, 3.05) is 11.9 Å². The maximum absolute atomic E-state index is 12.6. The topological polar surface area (TPSA) is 88.4 Å². The van der Waals surface area contributed by atoms with Gasteiger partial charge in [0.15, 0.2) is 11.3 Å². The van der Waals surface area contributed by atoms with Crippen molar-refractivity contribution in [2.24, 2.45) is 0 Å². The minimum absolute atomic E-state index is 0.139. The Labute approximate surface area is 162 Å². The zero-order valence-corrected chi connectivity index (χ0v) is 16.4. The Hall–Kier alpha value is -2.35. The number of amides is 1. The van der Waals surface area contributed by atoms with E-state index in [0.29, 0.717) is 34.8 Å². The van der Waals surface area contributed by atoms with E-state index in [0.717, 1.165) is 5.39 Å². The summed E-state index contributed by atoms with van der Waals surface area (Å²) in [6.45, 7) is 4.04. The van der Waals surface area contributed by atoms with Gasteiger partial charge in [0.2, 0.25) is 10.0 Å². The molecule has 0 atom stereocenters. The minimum atomic E-state index is -3.54. The van der Waals surface area contributed by atoms with Crippen molar-refractivity contribution in [1.29, 1.82) is 0 Å². The van der Waals surface area contributed by atoms with Crippen LogP contribution in [-0.4, -0.2) is 20.9 Å². The van der Waals surface area contributed by atoms with Crippen LogP contribution in [0.3, 0.4) is 0 Å². The number of rotatable bonds is 6. The average molecular weight is 407 g/mol. The smallest absolute Gasteiger partial charge is 0.291 e. The molecule has 8 heteroatoms.